The van der Waals surface area contributed by atoms with Crippen molar-refractivity contribution in [2.45, 2.75) is 13.3 Å². The summed E-state index contributed by atoms with van der Waals surface area (Å²) in [5.74, 6) is 0. The quantitative estimate of drug-likeness (QED) is 0.747. The van der Waals surface area contributed by atoms with Crippen LogP contribution in [-0.4, -0.2) is 13.1 Å². The van der Waals surface area contributed by atoms with Crippen LogP contribution in [0.25, 0.3) is 5.57 Å². The molecular weight excluding hydrogens is 194 g/mol. The van der Waals surface area contributed by atoms with Crippen molar-refractivity contribution in [1.82, 2.24) is 5.32 Å². The molecule has 0 atom stereocenters. The van der Waals surface area contributed by atoms with Gasteiger partial charge >= 0.3 is 0 Å². The van der Waals surface area contributed by atoms with Crippen molar-refractivity contribution in [3.05, 3.63) is 40.4 Å². The summed E-state index contributed by atoms with van der Waals surface area (Å²) < 4.78 is 0. The van der Waals surface area contributed by atoms with Crippen LogP contribution in [0.15, 0.2) is 24.3 Å². The smallest absolute Gasteiger partial charge is 0.0435 e. The van der Waals surface area contributed by atoms with E-state index in [-0.39, 0.29) is 0 Å². The molecule has 74 valence electrons. The maximum absolute atomic E-state index is 5.99. The molecule has 0 spiro atoms. The first-order chi connectivity index (χ1) is 6.77. The Hall–Kier alpha value is -0.790. The van der Waals surface area contributed by atoms with E-state index in [1.807, 2.05) is 13.0 Å². The van der Waals surface area contributed by atoms with Crippen LogP contribution in [0.1, 0.15) is 17.5 Å². The van der Waals surface area contributed by atoms with Crippen LogP contribution < -0.4 is 5.32 Å². The second-order valence-electron chi connectivity index (χ2n) is 3.65. The minimum absolute atomic E-state index is 0.850. The van der Waals surface area contributed by atoms with Crippen molar-refractivity contribution in [3.63, 3.8) is 0 Å². The Morgan fingerprint density at radius 3 is 2.86 bits per heavy atom. The standard InChI is InChI=1S/C12H14ClN/c1-9-8-11(2-3-12(9)13)10-4-6-14-7-5-10/h2-4,8,14H,5-7H2,1H3. The molecule has 0 amide bonds. The second-order valence-corrected chi connectivity index (χ2v) is 4.05. The number of hydrogen-bond acceptors (Lipinski definition) is 1. The third kappa shape index (κ3) is 1.99. The predicted molar refractivity (Wildman–Crippen MR) is 61.7 cm³/mol. The highest BCUT2D eigenvalue weighted by atomic mass is 35.5. The van der Waals surface area contributed by atoms with E-state index in [0.29, 0.717) is 0 Å². The fourth-order valence-electron chi connectivity index (χ4n) is 1.73. The first-order valence-corrected chi connectivity index (χ1v) is 5.31. The van der Waals surface area contributed by atoms with Gasteiger partial charge in [0.1, 0.15) is 0 Å². The summed E-state index contributed by atoms with van der Waals surface area (Å²) in [6.45, 7) is 4.11. The number of halogens is 1. The Labute approximate surface area is 89.8 Å². The van der Waals surface area contributed by atoms with E-state index < -0.39 is 0 Å². The van der Waals surface area contributed by atoms with Crippen molar-refractivity contribution >= 4 is 17.2 Å². The Morgan fingerprint density at radius 2 is 2.21 bits per heavy atom. The second kappa shape index (κ2) is 4.16. The Morgan fingerprint density at radius 1 is 1.36 bits per heavy atom. The summed E-state index contributed by atoms with van der Waals surface area (Å²) in [7, 11) is 0. The molecule has 0 saturated carbocycles. The number of aryl methyl sites for hydroxylation is 1. The van der Waals surface area contributed by atoms with Gasteiger partial charge in [0.2, 0.25) is 0 Å². The van der Waals surface area contributed by atoms with Gasteiger partial charge in [0, 0.05) is 11.6 Å². The van der Waals surface area contributed by atoms with Gasteiger partial charge in [-0.1, -0.05) is 29.8 Å². The molecular formula is C12H14ClN. The summed E-state index contributed by atoms with van der Waals surface area (Å²) in [6, 6.07) is 6.25. The molecule has 1 nitrogen and oxygen atoms in total. The molecule has 0 fully saturated rings. The molecule has 0 radical (unpaired) electrons. The van der Waals surface area contributed by atoms with E-state index in [9.17, 15) is 0 Å². The highest BCUT2D eigenvalue weighted by Gasteiger charge is 2.06. The van der Waals surface area contributed by atoms with Gasteiger partial charge < -0.3 is 5.32 Å². The number of nitrogens with one attached hydrogen (secondary N) is 1. The van der Waals surface area contributed by atoms with E-state index in [1.54, 1.807) is 0 Å². The average molecular weight is 208 g/mol. The van der Waals surface area contributed by atoms with Gasteiger partial charge in [-0.3, -0.25) is 0 Å². The molecule has 1 heterocycles. The largest absolute Gasteiger partial charge is 0.313 e. The van der Waals surface area contributed by atoms with E-state index in [2.05, 4.69) is 23.5 Å². The third-order valence-electron chi connectivity index (χ3n) is 2.59. The highest BCUT2D eigenvalue weighted by Crippen LogP contribution is 2.24. The zero-order valence-corrected chi connectivity index (χ0v) is 9.06. The monoisotopic (exact) mass is 207 g/mol. The zero-order valence-electron chi connectivity index (χ0n) is 8.31. The predicted octanol–water partition coefficient (Wildman–Crippen LogP) is 3.03. The van der Waals surface area contributed by atoms with Crippen LogP contribution in [0, 0.1) is 6.92 Å². The van der Waals surface area contributed by atoms with Gasteiger partial charge in [0.15, 0.2) is 0 Å². The van der Waals surface area contributed by atoms with Crippen LogP contribution in [0.2, 0.25) is 5.02 Å². The van der Waals surface area contributed by atoms with Crippen molar-refractivity contribution in [1.29, 1.82) is 0 Å². The Balaban J connectivity index is 2.32. The minimum Gasteiger partial charge on any atom is -0.313 e. The fourth-order valence-corrected chi connectivity index (χ4v) is 1.85. The first kappa shape index (κ1) is 9.75. The SMILES string of the molecule is Cc1cc(C2=CCNCC2)ccc1Cl. The zero-order chi connectivity index (χ0) is 9.97. The van der Waals surface area contributed by atoms with E-state index in [0.717, 1.165) is 30.1 Å². The normalized spacial score (nSPS) is 16.6. The maximum atomic E-state index is 5.99. The molecule has 2 rings (SSSR count). The molecule has 0 bridgehead atoms. The van der Waals surface area contributed by atoms with Crippen LogP contribution >= 0.6 is 11.6 Å². The lowest BCUT2D eigenvalue weighted by atomic mass is 9.99. The van der Waals surface area contributed by atoms with Crippen molar-refractivity contribution in [3.8, 4) is 0 Å². The Bertz CT molecular complexity index is 369. The molecule has 1 aromatic rings. The van der Waals surface area contributed by atoms with Gasteiger partial charge in [0.25, 0.3) is 0 Å². The van der Waals surface area contributed by atoms with E-state index in [4.69, 9.17) is 11.6 Å². The van der Waals surface area contributed by atoms with Crippen LogP contribution in [0.5, 0.6) is 0 Å². The molecule has 0 saturated heterocycles. The summed E-state index contributed by atoms with van der Waals surface area (Å²) in [5.41, 5.74) is 3.90. The molecule has 1 aromatic carbocycles. The van der Waals surface area contributed by atoms with Crippen molar-refractivity contribution < 1.29 is 0 Å². The summed E-state index contributed by atoms with van der Waals surface area (Å²) in [4.78, 5) is 0. The molecule has 0 unspecified atom stereocenters. The van der Waals surface area contributed by atoms with Crippen LogP contribution in [0.3, 0.4) is 0 Å². The lowest BCUT2D eigenvalue weighted by Gasteiger charge is -2.14. The molecule has 2 heteroatoms. The number of rotatable bonds is 1. The minimum atomic E-state index is 0.850. The van der Waals surface area contributed by atoms with Crippen molar-refractivity contribution in [2.75, 3.05) is 13.1 Å². The highest BCUT2D eigenvalue weighted by molar-refractivity contribution is 6.31. The van der Waals surface area contributed by atoms with E-state index in [1.165, 1.54) is 11.1 Å². The van der Waals surface area contributed by atoms with Crippen molar-refractivity contribution in [2.24, 2.45) is 0 Å². The molecule has 1 aliphatic rings. The molecule has 1 aliphatic heterocycles. The lowest BCUT2D eigenvalue weighted by molar-refractivity contribution is 0.738. The summed E-state index contributed by atoms with van der Waals surface area (Å²) >= 11 is 5.99. The van der Waals surface area contributed by atoms with Gasteiger partial charge in [-0.15, -0.1) is 0 Å². The Kier molecular flexibility index (Phi) is 2.90. The maximum Gasteiger partial charge on any atom is 0.0435 e. The lowest BCUT2D eigenvalue weighted by Crippen LogP contribution is -2.20. The molecule has 14 heavy (non-hydrogen) atoms. The molecule has 0 aromatic heterocycles. The van der Waals surface area contributed by atoms with Crippen LogP contribution in [0.4, 0.5) is 0 Å². The average Bonchev–Trinajstić information content (AvgIpc) is 2.23. The van der Waals surface area contributed by atoms with Gasteiger partial charge in [-0.05, 0) is 42.7 Å². The molecule has 0 aliphatic carbocycles. The van der Waals surface area contributed by atoms with Gasteiger partial charge in [-0.25, -0.2) is 0 Å². The first-order valence-electron chi connectivity index (χ1n) is 4.93. The van der Waals surface area contributed by atoms with E-state index >= 15 is 0 Å². The van der Waals surface area contributed by atoms with Gasteiger partial charge in [-0.2, -0.15) is 0 Å². The summed E-state index contributed by atoms with van der Waals surface area (Å²) in [5, 5.41) is 4.16. The molecule has 1 N–H and O–H groups in total. The number of benzene rings is 1. The van der Waals surface area contributed by atoms with Gasteiger partial charge in [0.05, 0.1) is 0 Å². The topological polar surface area (TPSA) is 12.0 Å². The van der Waals surface area contributed by atoms with Crippen LogP contribution in [-0.2, 0) is 0 Å². The third-order valence-corrected chi connectivity index (χ3v) is 3.02. The fraction of sp³-hybridized carbons (Fsp3) is 0.333. The summed E-state index contributed by atoms with van der Waals surface area (Å²) in [6.07, 6.45) is 3.37. The number of hydrogen-bond donors (Lipinski definition) is 1.